The Balaban J connectivity index is 0.00000169. The molecule has 4 heteroatoms. The molecule has 14 heavy (non-hydrogen) atoms. The van der Waals surface area contributed by atoms with Gasteiger partial charge in [0.1, 0.15) is 0 Å². The molecule has 0 aliphatic rings. The van der Waals surface area contributed by atoms with Crippen LogP contribution < -0.4 is 0 Å². The predicted molar refractivity (Wildman–Crippen MR) is 65.0 cm³/mol. The minimum absolute atomic E-state index is 0. The molecule has 0 saturated carbocycles. The molecule has 1 aromatic carbocycles. The van der Waals surface area contributed by atoms with E-state index in [2.05, 4.69) is 0 Å². The van der Waals surface area contributed by atoms with E-state index in [4.69, 9.17) is 0 Å². The molecule has 1 rings (SSSR count). The van der Waals surface area contributed by atoms with E-state index in [0.717, 1.165) is 0 Å². The van der Waals surface area contributed by atoms with Crippen LogP contribution in [0.2, 0.25) is 0 Å². The first-order chi connectivity index (χ1) is 5.99. The summed E-state index contributed by atoms with van der Waals surface area (Å²) in [6, 6.07) is 9.06. The van der Waals surface area contributed by atoms with E-state index in [9.17, 15) is 9.35 Å². The Morgan fingerprint density at radius 3 is 2.21 bits per heavy atom. The molecule has 0 spiro atoms. The van der Waals surface area contributed by atoms with Gasteiger partial charge in [-0.3, -0.25) is 4.79 Å². The van der Waals surface area contributed by atoms with E-state index in [1.54, 1.807) is 24.6 Å². The fourth-order valence-corrected chi connectivity index (χ4v) is 1.84. The summed E-state index contributed by atoms with van der Waals surface area (Å²) in [5.74, 6) is 0.264. The Kier molecular flexibility index (Phi) is 5.19. The summed E-state index contributed by atoms with van der Waals surface area (Å²) in [6.07, 6.45) is 3.43. The number of halogens is 1. The summed E-state index contributed by atoms with van der Waals surface area (Å²) < 4.78 is 9.51. The average molecular weight is 235 g/mol. The molecule has 0 atom stereocenters. The quantitative estimate of drug-likeness (QED) is 0.817. The summed E-state index contributed by atoms with van der Waals surface area (Å²) in [5, 5.41) is 0. The van der Waals surface area contributed by atoms with E-state index in [1.807, 2.05) is 18.2 Å². The number of carbonyl (C=O) groups excluding carboxylic acids is 1. The van der Waals surface area contributed by atoms with Crippen LogP contribution in [-0.2, 0) is 0 Å². The molecule has 0 fully saturated rings. The van der Waals surface area contributed by atoms with Crippen LogP contribution in [0.15, 0.2) is 30.3 Å². The smallest absolute Gasteiger partial charge is 0.173 e. The lowest BCUT2D eigenvalue weighted by Crippen LogP contribution is -2.11. The third-order valence-corrected chi connectivity index (χ3v) is 2.55. The van der Waals surface area contributed by atoms with E-state index in [1.165, 1.54) is 0 Å². The molecule has 0 aliphatic carbocycles. The maximum Gasteiger partial charge on any atom is 0.173 e. The SMILES string of the molecule is CS(C)(O)CC(=O)c1ccccc1.Cl. The number of benzene rings is 1. The van der Waals surface area contributed by atoms with Crippen LogP contribution >= 0.6 is 22.7 Å². The van der Waals surface area contributed by atoms with Crippen LogP contribution in [0.4, 0.5) is 0 Å². The van der Waals surface area contributed by atoms with Crippen molar-refractivity contribution in [2.75, 3.05) is 18.3 Å². The zero-order valence-electron chi connectivity index (χ0n) is 8.27. The predicted octanol–water partition coefficient (Wildman–Crippen LogP) is 2.83. The van der Waals surface area contributed by atoms with Gasteiger partial charge in [0.15, 0.2) is 5.78 Å². The Hall–Kier alpha value is -0.510. The molecule has 0 radical (unpaired) electrons. The number of hydrogen-bond donors (Lipinski definition) is 1. The van der Waals surface area contributed by atoms with Crippen LogP contribution in [-0.4, -0.2) is 28.6 Å². The fourth-order valence-electron chi connectivity index (χ4n) is 1.03. The third kappa shape index (κ3) is 4.65. The molecule has 0 heterocycles. The second-order valence-electron chi connectivity index (χ2n) is 3.41. The Labute approximate surface area is 92.3 Å². The minimum Gasteiger partial charge on any atom is -0.352 e. The van der Waals surface area contributed by atoms with Gasteiger partial charge in [0.2, 0.25) is 0 Å². The number of hydrogen-bond acceptors (Lipinski definition) is 2. The maximum absolute atomic E-state index is 11.5. The van der Waals surface area contributed by atoms with Gasteiger partial charge in [-0.1, -0.05) is 30.3 Å². The topological polar surface area (TPSA) is 37.3 Å². The molecule has 0 aliphatic heterocycles. The Bertz CT molecular complexity index is 293. The van der Waals surface area contributed by atoms with Gasteiger partial charge in [-0.25, -0.2) is 0 Å². The van der Waals surface area contributed by atoms with E-state index in [-0.39, 0.29) is 23.9 Å². The van der Waals surface area contributed by atoms with Gasteiger partial charge < -0.3 is 4.55 Å². The maximum atomic E-state index is 11.5. The van der Waals surface area contributed by atoms with Crippen molar-refractivity contribution in [3.8, 4) is 0 Å². The monoisotopic (exact) mass is 234 g/mol. The summed E-state index contributed by atoms with van der Waals surface area (Å²) in [5.41, 5.74) is 0.678. The van der Waals surface area contributed by atoms with Gasteiger partial charge in [0.05, 0.1) is 5.75 Å². The summed E-state index contributed by atoms with van der Waals surface area (Å²) in [4.78, 5) is 11.5. The normalized spacial score (nSPS) is 11.6. The number of ketones is 1. The molecular weight excluding hydrogens is 220 g/mol. The molecule has 0 unspecified atom stereocenters. The highest BCUT2D eigenvalue weighted by molar-refractivity contribution is 8.28. The van der Waals surface area contributed by atoms with Crippen molar-refractivity contribution >= 4 is 28.5 Å². The summed E-state index contributed by atoms with van der Waals surface area (Å²) >= 11 is 0. The number of rotatable bonds is 3. The van der Waals surface area contributed by atoms with Crippen LogP contribution in [0.1, 0.15) is 10.4 Å². The standard InChI is InChI=1S/C10H14O2S.ClH/c1-13(2,12)8-10(11)9-6-4-3-5-7-9;/h3-7,12H,8H2,1-2H3;1H. The molecule has 0 saturated heterocycles. The first-order valence-corrected chi connectivity index (χ1v) is 6.58. The van der Waals surface area contributed by atoms with Crippen LogP contribution in [0.5, 0.6) is 0 Å². The van der Waals surface area contributed by atoms with Crippen LogP contribution in [0.3, 0.4) is 0 Å². The van der Waals surface area contributed by atoms with E-state index < -0.39 is 10.3 Å². The average Bonchev–Trinajstić information content (AvgIpc) is 2.03. The first kappa shape index (κ1) is 13.5. The lowest BCUT2D eigenvalue weighted by Gasteiger charge is -2.21. The summed E-state index contributed by atoms with van der Waals surface area (Å²) in [6.45, 7) is 0. The number of carbonyl (C=O) groups is 1. The Morgan fingerprint density at radius 1 is 1.29 bits per heavy atom. The van der Waals surface area contributed by atoms with Crippen molar-refractivity contribution < 1.29 is 9.35 Å². The highest BCUT2D eigenvalue weighted by Gasteiger charge is 2.13. The third-order valence-electron chi connectivity index (χ3n) is 1.58. The van der Waals surface area contributed by atoms with Crippen molar-refractivity contribution in [2.45, 2.75) is 0 Å². The summed E-state index contributed by atoms with van der Waals surface area (Å²) in [7, 11) is -1.72. The largest absolute Gasteiger partial charge is 0.352 e. The van der Waals surface area contributed by atoms with Crippen LogP contribution in [0.25, 0.3) is 0 Å². The lowest BCUT2D eigenvalue weighted by molar-refractivity contribution is 0.102. The van der Waals surface area contributed by atoms with Crippen molar-refractivity contribution in [2.24, 2.45) is 0 Å². The second kappa shape index (κ2) is 5.39. The zero-order valence-corrected chi connectivity index (χ0v) is 9.90. The first-order valence-electron chi connectivity index (χ1n) is 4.01. The van der Waals surface area contributed by atoms with Gasteiger partial charge in [-0.15, -0.1) is 22.7 Å². The molecule has 1 aromatic rings. The van der Waals surface area contributed by atoms with Crippen molar-refractivity contribution in [3.63, 3.8) is 0 Å². The van der Waals surface area contributed by atoms with Crippen molar-refractivity contribution in [3.05, 3.63) is 35.9 Å². The molecule has 0 bridgehead atoms. The molecule has 2 nitrogen and oxygen atoms in total. The highest BCUT2D eigenvalue weighted by Crippen LogP contribution is 2.34. The molecule has 0 aromatic heterocycles. The molecule has 80 valence electrons. The van der Waals surface area contributed by atoms with Gasteiger partial charge in [0.25, 0.3) is 0 Å². The van der Waals surface area contributed by atoms with Crippen molar-refractivity contribution in [1.82, 2.24) is 0 Å². The van der Waals surface area contributed by atoms with Gasteiger partial charge in [0, 0.05) is 5.56 Å². The number of Topliss-reactive ketones (excluding diaryl/α,β-unsaturated/α-hetero) is 1. The van der Waals surface area contributed by atoms with Crippen molar-refractivity contribution in [1.29, 1.82) is 0 Å². The second-order valence-corrected chi connectivity index (χ2v) is 6.66. The zero-order chi connectivity index (χ0) is 9.90. The molecule has 1 N–H and O–H groups in total. The van der Waals surface area contributed by atoms with Crippen LogP contribution in [0, 0.1) is 0 Å². The minimum atomic E-state index is -1.72. The fraction of sp³-hybridized carbons (Fsp3) is 0.300. The molecule has 0 amide bonds. The van der Waals surface area contributed by atoms with Gasteiger partial charge in [-0.05, 0) is 12.5 Å². The van der Waals surface area contributed by atoms with E-state index >= 15 is 0 Å². The lowest BCUT2D eigenvalue weighted by atomic mass is 10.2. The Morgan fingerprint density at radius 2 is 1.79 bits per heavy atom. The molecular formula is C10H15ClO2S. The van der Waals surface area contributed by atoms with E-state index in [0.29, 0.717) is 5.56 Å². The highest BCUT2D eigenvalue weighted by atomic mass is 35.5. The van der Waals surface area contributed by atoms with Gasteiger partial charge in [-0.2, -0.15) is 0 Å². The van der Waals surface area contributed by atoms with Gasteiger partial charge >= 0.3 is 0 Å².